The number of aromatic nitrogens is 1. The van der Waals surface area contributed by atoms with Crippen LogP contribution in [-0.2, 0) is 4.79 Å². The number of nitriles is 1. The smallest absolute Gasteiger partial charge is 0.265 e. The Kier molecular flexibility index (Phi) is 4.37. The van der Waals surface area contributed by atoms with Gasteiger partial charge in [-0.15, -0.1) is 0 Å². The van der Waals surface area contributed by atoms with Gasteiger partial charge >= 0.3 is 0 Å². The third kappa shape index (κ3) is 2.55. The van der Waals surface area contributed by atoms with Gasteiger partial charge in [-0.3, -0.25) is 14.9 Å². The Morgan fingerprint density at radius 2 is 2.44 bits per heavy atom. The molecule has 16 heavy (non-hydrogen) atoms. The molecule has 1 atom stereocenters. The molecule has 0 radical (unpaired) electrons. The fraction of sp³-hybridized carbons (Fsp3) is 0.250. The third-order valence-corrected chi connectivity index (χ3v) is 2.92. The molecule has 0 spiro atoms. The van der Waals surface area contributed by atoms with Gasteiger partial charge in [0.1, 0.15) is 22.7 Å². The zero-order valence-corrected chi connectivity index (χ0v) is 9.72. The first kappa shape index (κ1) is 12.6. The van der Waals surface area contributed by atoms with Crippen LogP contribution in [0.25, 0.3) is 0 Å². The van der Waals surface area contributed by atoms with Crippen molar-refractivity contribution in [1.29, 1.82) is 5.26 Å². The molecule has 2 N–H and O–H groups in total. The van der Waals surface area contributed by atoms with E-state index in [1.165, 1.54) is 7.05 Å². The maximum absolute atomic E-state index is 11.6. The van der Waals surface area contributed by atoms with E-state index in [0.717, 1.165) is 11.5 Å². The first-order chi connectivity index (χ1) is 7.63. The van der Waals surface area contributed by atoms with Crippen LogP contribution in [0.5, 0.6) is 0 Å². The van der Waals surface area contributed by atoms with Gasteiger partial charge in [-0.25, -0.2) is 0 Å². The molecule has 0 bridgehead atoms. The molecule has 6 nitrogen and oxygen atoms in total. The molecule has 0 aliphatic rings. The molecule has 0 saturated carbocycles. The molecular formula is C8H7ClN4O2S. The highest BCUT2D eigenvalue weighted by atomic mass is 35.5. The predicted molar refractivity (Wildman–Crippen MR) is 58.2 cm³/mol. The lowest BCUT2D eigenvalue weighted by molar-refractivity contribution is -0.109. The lowest BCUT2D eigenvalue weighted by Crippen LogP contribution is -2.44. The van der Waals surface area contributed by atoms with E-state index in [1.807, 2.05) is 0 Å². The van der Waals surface area contributed by atoms with Crippen LogP contribution >= 0.6 is 23.1 Å². The van der Waals surface area contributed by atoms with Crippen LogP contribution in [0.1, 0.15) is 15.2 Å². The second-order valence-corrected chi connectivity index (χ2v) is 3.80. The van der Waals surface area contributed by atoms with Crippen molar-refractivity contribution >= 4 is 35.3 Å². The van der Waals surface area contributed by atoms with Crippen molar-refractivity contribution in [2.45, 2.75) is 6.17 Å². The van der Waals surface area contributed by atoms with Crippen molar-refractivity contribution in [1.82, 2.24) is 15.0 Å². The number of nitrogens with one attached hydrogen (secondary N) is 2. The van der Waals surface area contributed by atoms with Gasteiger partial charge in [0.15, 0.2) is 11.4 Å². The minimum atomic E-state index is -0.806. The monoisotopic (exact) mass is 258 g/mol. The quantitative estimate of drug-likeness (QED) is 0.592. The summed E-state index contributed by atoms with van der Waals surface area (Å²) in [6, 6.07) is 1.78. The molecule has 8 heteroatoms. The van der Waals surface area contributed by atoms with Crippen molar-refractivity contribution in [2.75, 3.05) is 7.05 Å². The number of hydrogen-bond donors (Lipinski definition) is 2. The minimum absolute atomic E-state index is 0.00948. The van der Waals surface area contributed by atoms with Crippen LogP contribution in [-0.4, -0.2) is 29.8 Å². The second-order valence-electron chi connectivity index (χ2n) is 2.67. The summed E-state index contributed by atoms with van der Waals surface area (Å²) in [6.45, 7) is 0. The molecule has 84 valence electrons. The van der Waals surface area contributed by atoms with Crippen LogP contribution in [0, 0.1) is 11.3 Å². The molecular weight excluding hydrogens is 252 g/mol. The number of halogens is 1. The van der Waals surface area contributed by atoms with Crippen LogP contribution in [0.2, 0.25) is 5.15 Å². The molecule has 1 aromatic heterocycles. The summed E-state index contributed by atoms with van der Waals surface area (Å²) in [6.07, 6.45) is -0.271. The van der Waals surface area contributed by atoms with Crippen molar-refractivity contribution in [2.24, 2.45) is 0 Å². The molecule has 1 heterocycles. The number of aldehydes is 1. The summed E-state index contributed by atoms with van der Waals surface area (Å²) in [5.74, 6) is -0.563. The highest BCUT2D eigenvalue weighted by molar-refractivity contribution is 7.08. The third-order valence-electron chi connectivity index (χ3n) is 1.70. The van der Waals surface area contributed by atoms with Crippen LogP contribution in [0.3, 0.4) is 0 Å². The van der Waals surface area contributed by atoms with Crippen molar-refractivity contribution < 1.29 is 9.59 Å². The highest BCUT2D eigenvalue weighted by Crippen LogP contribution is 2.22. The Balaban J connectivity index is 2.89. The molecule has 1 aromatic rings. The fourth-order valence-corrected chi connectivity index (χ4v) is 1.84. The molecule has 1 rings (SSSR count). The van der Waals surface area contributed by atoms with E-state index in [1.54, 1.807) is 6.07 Å². The summed E-state index contributed by atoms with van der Waals surface area (Å²) in [4.78, 5) is 22.2. The molecule has 0 aliphatic heterocycles. The van der Waals surface area contributed by atoms with E-state index in [4.69, 9.17) is 16.9 Å². The van der Waals surface area contributed by atoms with E-state index in [0.29, 0.717) is 6.29 Å². The number of likely N-dealkylation sites (N-methyl/N-ethyl adjacent to an activating group) is 1. The van der Waals surface area contributed by atoms with Gasteiger partial charge < -0.3 is 5.32 Å². The minimum Gasteiger partial charge on any atom is -0.329 e. The van der Waals surface area contributed by atoms with Crippen LogP contribution in [0.4, 0.5) is 0 Å². The number of rotatable bonds is 4. The van der Waals surface area contributed by atoms with Gasteiger partial charge in [-0.05, 0) is 18.6 Å². The Morgan fingerprint density at radius 3 is 2.94 bits per heavy atom. The Morgan fingerprint density at radius 1 is 1.75 bits per heavy atom. The second kappa shape index (κ2) is 5.55. The zero-order chi connectivity index (χ0) is 12.1. The topological polar surface area (TPSA) is 94.9 Å². The van der Waals surface area contributed by atoms with Gasteiger partial charge in [-0.1, -0.05) is 11.6 Å². The van der Waals surface area contributed by atoms with Crippen LogP contribution in [0.15, 0.2) is 0 Å². The maximum atomic E-state index is 11.6. The number of nitrogens with zero attached hydrogens (tertiary/aromatic N) is 2. The lowest BCUT2D eigenvalue weighted by atomic mass is 10.3. The molecule has 0 aliphatic carbocycles. The summed E-state index contributed by atoms with van der Waals surface area (Å²) in [7, 11) is 1.52. The molecule has 1 unspecified atom stereocenters. The summed E-state index contributed by atoms with van der Waals surface area (Å²) in [5, 5.41) is 13.7. The summed E-state index contributed by atoms with van der Waals surface area (Å²) in [5.41, 5.74) is 0.0184. The van der Waals surface area contributed by atoms with E-state index >= 15 is 0 Å². The van der Waals surface area contributed by atoms with Crippen molar-refractivity contribution in [3.05, 3.63) is 15.6 Å². The maximum Gasteiger partial charge on any atom is 0.265 e. The van der Waals surface area contributed by atoms with Gasteiger partial charge in [0.25, 0.3) is 5.91 Å². The van der Waals surface area contributed by atoms with Crippen molar-refractivity contribution in [3.63, 3.8) is 0 Å². The van der Waals surface area contributed by atoms with E-state index < -0.39 is 12.1 Å². The summed E-state index contributed by atoms with van der Waals surface area (Å²) < 4.78 is 3.68. The van der Waals surface area contributed by atoms with Gasteiger partial charge in [0, 0.05) is 0 Å². The number of amides is 1. The zero-order valence-electron chi connectivity index (χ0n) is 8.15. The van der Waals surface area contributed by atoms with Crippen LogP contribution < -0.4 is 10.6 Å². The number of carbonyl (C=O) groups excluding carboxylic acids is 2. The first-order valence-electron chi connectivity index (χ1n) is 4.12. The molecule has 0 fully saturated rings. The standard InChI is InChI=1S/C8H7ClN4O2S/c1-11-5(3-14)12-8(15)6-4(2-10)7(9)13-16-6/h3,5,11H,1H3,(H,12,15). The van der Waals surface area contributed by atoms with Gasteiger partial charge in [0.2, 0.25) is 0 Å². The van der Waals surface area contributed by atoms with E-state index in [9.17, 15) is 9.59 Å². The average Bonchev–Trinajstić information content (AvgIpc) is 2.66. The molecule has 0 aromatic carbocycles. The molecule has 1 amide bonds. The normalized spacial score (nSPS) is 11.6. The predicted octanol–water partition coefficient (Wildman–Crippen LogP) is 0.142. The first-order valence-corrected chi connectivity index (χ1v) is 5.27. The van der Waals surface area contributed by atoms with Gasteiger partial charge in [0.05, 0.1) is 0 Å². The van der Waals surface area contributed by atoms with E-state index in [2.05, 4.69) is 15.0 Å². The summed E-state index contributed by atoms with van der Waals surface area (Å²) >= 11 is 6.42. The average molecular weight is 259 g/mol. The highest BCUT2D eigenvalue weighted by Gasteiger charge is 2.20. The largest absolute Gasteiger partial charge is 0.329 e. The van der Waals surface area contributed by atoms with Crippen molar-refractivity contribution in [3.8, 4) is 6.07 Å². The van der Waals surface area contributed by atoms with E-state index in [-0.39, 0.29) is 15.6 Å². The molecule has 0 saturated heterocycles. The number of hydrogen-bond acceptors (Lipinski definition) is 6. The van der Waals surface area contributed by atoms with Gasteiger partial charge in [-0.2, -0.15) is 9.64 Å². The lowest BCUT2D eigenvalue weighted by Gasteiger charge is -2.09. The Hall–Kier alpha value is -1.49. The SMILES string of the molecule is CNC(C=O)NC(=O)c1snc(Cl)c1C#N. The Bertz CT molecular complexity index is 453. The Labute approximate surface area is 100 Å². The number of carbonyl (C=O) groups is 2. The fourth-order valence-electron chi connectivity index (χ4n) is 0.904.